The van der Waals surface area contributed by atoms with Gasteiger partial charge in [-0.2, -0.15) is 0 Å². The van der Waals surface area contributed by atoms with Crippen molar-refractivity contribution in [2.24, 2.45) is 0 Å². The van der Waals surface area contributed by atoms with E-state index in [1.807, 2.05) is 53.4 Å². The van der Waals surface area contributed by atoms with Crippen LogP contribution in [-0.2, 0) is 0 Å². The van der Waals surface area contributed by atoms with Gasteiger partial charge in [0.1, 0.15) is 0 Å². The van der Waals surface area contributed by atoms with Crippen LogP contribution in [0.5, 0.6) is 0 Å². The number of rotatable bonds is 2. The number of benzene rings is 2. The molecule has 0 bridgehead atoms. The second kappa shape index (κ2) is 6.42. The molecule has 0 aliphatic carbocycles. The summed E-state index contributed by atoms with van der Waals surface area (Å²) < 4.78 is 0. The molecule has 1 atom stereocenters. The van der Waals surface area contributed by atoms with E-state index in [0.29, 0.717) is 6.54 Å². The molecule has 1 N–H and O–H groups in total. The van der Waals surface area contributed by atoms with Gasteiger partial charge in [-0.05, 0) is 23.8 Å². The number of nitrogens with one attached hydrogen (secondary N) is 1. The molecule has 1 fully saturated rings. The summed E-state index contributed by atoms with van der Waals surface area (Å²) in [5, 5.41) is 4.31. The summed E-state index contributed by atoms with van der Waals surface area (Å²) in [5.74, 6) is 0.0731. The zero-order chi connectivity index (χ0) is 16.4. The summed E-state index contributed by atoms with van der Waals surface area (Å²) in [6, 6.07) is 19.9. The smallest absolute Gasteiger partial charge is 0.255 e. The van der Waals surface area contributed by atoms with E-state index < -0.39 is 0 Å². The third-order valence-electron chi connectivity index (χ3n) is 4.56. The monoisotopic (exact) mass is 317 g/mol. The molecule has 4 rings (SSSR count). The second-order valence-corrected chi connectivity index (χ2v) is 6.00. The summed E-state index contributed by atoms with van der Waals surface area (Å²) >= 11 is 0. The van der Waals surface area contributed by atoms with Crippen molar-refractivity contribution < 1.29 is 4.79 Å². The summed E-state index contributed by atoms with van der Waals surface area (Å²) in [4.78, 5) is 19.6. The summed E-state index contributed by atoms with van der Waals surface area (Å²) in [7, 11) is 0. The first kappa shape index (κ1) is 14.8. The maximum atomic E-state index is 13.3. The van der Waals surface area contributed by atoms with Crippen molar-refractivity contribution in [3.8, 4) is 0 Å². The van der Waals surface area contributed by atoms with Crippen LogP contribution in [0.1, 0.15) is 22.0 Å². The Morgan fingerprint density at radius 3 is 2.79 bits per heavy atom. The molecule has 1 aliphatic heterocycles. The van der Waals surface area contributed by atoms with Crippen molar-refractivity contribution in [3.05, 3.63) is 78.0 Å². The molecule has 1 aliphatic rings. The Morgan fingerprint density at radius 1 is 1.04 bits per heavy atom. The molecule has 1 saturated heterocycles. The molecule has 120 valence electrons. The van der Waals surface area contributed by atoms with Crippen molar-refractivity contribution in [2.45, 2.75) is 6.04 Å². The van der Waals surface area contributed by atoms with Gasteiger partial charge in [-0.3, -0.25) is 9.78 Å². The predicted octanol–water partition coefficient (Wildman–Crippen LogP) is 3.02. The fraction of sp³-hybridized carbons (Fsp3) is 0.200. The van der Waals surface area contributed by atoms with Crippen LogP contribution >= 0.6 is 0 Å². The SMILES string of the molecule is O=C(c1cccc2ncccc12)N1CCNC[C@@H]1c1ccccc1. The van der Waals surface area contributed by atoms with Gasteiger partial charge < -0.3 is 10.2 Å². The van der Waals surface area contributed by atoms with E-state index in [1.54, 1.807) is 6.20 Å². The standard InChI is InChI=1S/C20H19N3O/c24-20(17-8-4-10-18-16(17)9-5-11-22-18)23-13-12-21-14-19(23)15-6-2-1-3-7-15/h1-11,19,21H,12-14H2/t19-/m1/s1. The molecule has 1 amide bonds. The lowest BCUT2D eigenvalue weighted by Crippen LogP contribution is -2.48. The number of hydrogen-bond donors (Lipinski definition) is 1. The Balaban J connectivity index is 1.74. The maximum absolute atomic E-state index is 13.3. The number of pyridine rings is 1. The van der Waals surface area contributed by atoms with E-state index in [1.165, 1.54) is 0 Å². The van der Waals surface area contributed by atoms with Crippen LogP contribution in [0.2, 0.25) is 0 Å². The van der Waals surface area contributed by atoms with E-state index in [2.05, 4.69) is 22.4 Å². The van der Waals surface area contributed by atoms with Crippen LogP contribution in [0.4, 0.5) is 0 Å². The number of carbonyl (C=O) groups is 1. The van der Waals surface area contributed by atoms with Gasteiger partial charge in [0.05, 0.1) is 11.6 Å². The molecule has 2 aromatic carbocycles. The van der Waals surface area contributed by atoms with Gasteiger partial charge in [0, 0.05) is 36.8 Å². The van der Waals surface area contributed by atoms with Gasteiger partial charge in [-0.1, -0.05) is 42.5 Å². The first-order chi connectivity index (χ1) is 11.8. The average molecular weight is 317 g/mol. The molecule has 0 spiro atoms. The minimum absolute atomic E-state index is 0.0550. The number of amides is 1. The highest BCUT2D eigenvalue weighted by Crippen LogP contribution is 2.26. The summed E-state index contributed by atoms with van der Waals surface area (Å²) in [6.07, 6.45) is 1.76. The Kier molecular flexibility index (Phi) is 3.97. The zero-order valence-electron chi connectivity index (χ0n) is 13.4. The van der Waals surface area contributed by atoms with Gasteiger partial charge in [-0.25, -0.2) is 0 Å². The van der Waals surface area contributed by atoms with Crippen LogP contribution in [0.25, 0.3) is 10.9 Å². The highest BCUT2D eigenvalue weighted by atomic mass is 16.2. The van der Waals surface area contributed by atoms with Crippen LogP contribution < -0.4 is 5.32 Å². The van der Waals surface area contributed by atoms with E-state index in [4.69, 9.17) is 0 Å². The molecule has 0 unspecified atom stereocenters. The van der Waals surface area contributed by atoms with E-state index in [9.17, 15) is 4.79 Å². The van der Waals surface area contributed by atoms with Crippen molar-refractivity contribution in [2.75, 3.05) is 19.6 Å². The third kappa shape index (κ3) is 2.65. The number of aromatic nitrogens is 1. The van der Waals surface area contributed by atoms with Crippen LogP contribution in [0, 0.1) is 0 Å². The Hall–Kier alpha value is -2.72. The Labute approximate surface area is 141 Å². The summed E-state index contributed by atoms with van der Waals surface area (Å²) in [5.41, 5.74) is 2.74. The quantitative estimate of drug-likeness (QED) is 0.790. The minimum atomic E-state index is 0.0550. The molecule has 4 nitrogen and oxygen atoms in total. The van der Waals surface area contributed by atoms with Gasteiger partial charge >= 0.3 is 0 Å². The molecule has 1 aromatic heterocycles. The zero-order valence-corrected chi connectivity index (χ0v) is 13.4. The molecular formula is C20H19N3O. The van der Waals surface area contributed by atoms with Gasteiger partial charge in [0.2, 0.25) is 0 Å². The van der Waals surface area contributed by atoms with Gasteiger partial charge in [0.15, 0.2) is 0 Å². The fourth-order valence-electron chi connectivity index (χ4n) is 3.36. The second-order valence-electron chi connectivity index (χ2n) is 6.00. The lowest BCUT2D eigenvalue weighted by molar-refractivity contribution is 0.0636. The first-order valence-corrected chi connectivity index (χ1v) is 8.25. The maximum Gasteiger partial charge on any atom is 0.255 e. The molecule has 4 heteroatoms. The topological polar surface area (TPSA) is 45.2 Å². The Bertz CT molecular complexity index is 858. The van der Waals surface area contributed by atoms with E-state index in [0.717, 1.165) is 35.1 Å². The van der Waals surface area contributed by atoms with Crippen molar-refractivity contribution in [1.82, 2.24) is 15.2 Å². The van der Waals surface area contributed by atoms with Gasteiger partial charge in [-0.15, -0.1) is 0 Å². The number of hydrogen-bond acceptors (Lipinski definition) is 3. The first-order valence-electron chi connectivity index (χ1n) is 8.25. The van der Waals surface area contributed by atoms with Crippen molar-refractivity contribution in [3.63, 3.8) is 0 Å². The highest BCUT2D eigenvalue weighted by molar-refractivity contribution is 6.06. The third-order valence-corrected chi connectivity index (χ3v) is 4.56. The molecule has 0 radical (unpaired) electrons. The minimum Gasteiger partial charge on any atom is -0.329 e. The molecular weight excluding hydrogens is 298 g/mol. The lowest BCUT2D eigenvalue weighted by atomic mass is 10.0. The number of fused-ring (bicyclic) bond motifs is 1. The van der Waals surface area contributed by atoms with Crippen molar-refractivity contribution >= 4 is 16.8 Å². The average Bonchev–Trinajstić information content (AvgIpc) is 2.68. The van der Waals surface area contributed by atoms with E-state index in [-0.39, 0.29) is 11.9 Å². The van der Waals surface area contributed by atoms with Crippen LogP contribution in [-0.4, -0.2) is 35.4 Å². The highest BCUT2D eigenvalue weighted by Gasteiger charge is 2.29. The lowest BCUT2D eigenvalue weighted by Gasteiger charge is -2.36. The molecule has 24 heavy (non-hydrogen) atoms. The predicted molar refractivity (Wildman–Crippen MR) is 94.8 cm³/mol. The largest absolute Gasteiger partial charge is 0.329 e. The molecule has 0 saturated carbocycles. The van der Waals surface area contributed by atoms with Gasteiger partial charge in [0.25, 0.3) is 5.91 Å². The molecule has 3 aromatic rings. The van der Waals surface area contributed by atoms with E-state index >= 15 is 0 Å². The summed E-state index contributed by atoms with van der Waals surface area (Å²) in [6.45, 7) is 2.30. The number of nitrogens with zero attached hydrogens (tertiary/aromatic N) is 2. The number of carbonyl (C=O) groups excluding carboxylic acids is 1. The van der Waals surface area contributed by atoms with Crippen molar-refractivity contribution in [1.29, 1.82) is 0 Å². The van der Waals surface area contributed by atoms with Crippen LogP contribution in [0.3, 0.4) is 0 Å². The Morgan fingerprint density at radius 2 is 1.92 bits per heavy atom. The molecule has 2 heterocycles. The number of piperazine rings is 1. The normalized spacial score (nSPS) is 17.8. The fourth-order valence-corrected chi connectivity index (χ4v) is 3.36. The van der Waals surface area contributed by atoms with Crippen LogP contribution in [0.15, 0.2) is 66.9 Å².